The molecule has 0 atom stereocenters. The van der Waals surface area contributed by atoms with Gasteiger partial charge in [0.05, 0.1) is 4.34 Å². The van der Waals surface area contributed by atoms with Gasteiger partial charge in [0.15, 0.2) is 0 Å². The SMILES string of the molecule is CNCCCNS(=O)(=O)c1cc(C)c(Cl)s1.Cl. The lowest BCUT2D eigenvalue weighted by Gasteiger charge is -2.03. The quantitative estimate of drug-likeness (QED) is 0.789. The second-order valence-corrected chi connectivity index (χ2v) is 7.03. The molecular formula is C9H16Cl2N2O2S2. The van der Waals surface area contributed by atoms with E-state index in [0.717, 1.165) is 29.9 Å². The molecule has 0 saturated carbocycles. The van der Waals surface area contributed by atoms with Gasteiger partial charge in [0, 0.05) is 6.54 Å². The number of hydrogen-bond donors (Lipinski definition) is 2. The fraction of sp³-hybridized carbons (Fsp3) is 0.556. The summed E-state index contributed by atoms with van der Waals surface area (Å²) in [4.78, 5) is 0. The van der Waals surface area contributed by atoms with Crippen LogP contribution in [0.3, 0.4) is 0 Å². The molecule has 1 aromatic rings. The molecule has 0 amide bonds. The smallest absolute Gasteiger partial charge is 0.250 e. The van der Waals surface area contributed by atoms with E-state index in [1.165, 1.54) is 0 Å². The van der Waals surface area contributed by atoms with Gasteiger partial charge in [-0.05, 0) is 38.6 Å². The molecule has 100 valence electrons. The van der Waals surface area contributed by atoms with Gasteiger partial charge in [0.1, 0.15) is 4.21 Å². The van der Waals surface area contributed by atoms with Gasteiger partial charge in [0.2, 0.25) is 10.0 Å². The predicted molar refractivity (Wildman–Crippen MR) is 75.0 cm³/mol. The fourth-order valence-electron chi connectivity index (χ4n) is 1.11. The normalized spacial score (nSPS) is 11.2. The van der Waals surface area contributed by atoms with Crippen molar-refractivity contribution in [2.45, 2.75) is 17.6 Å². The van der Waals surface area contributed by atoms with Crippen LogP contribution in [0, 0.1) is 6.92 Å². The Morgan fingerprint density at radius 1 is 1.41 bits per heavy atom. The molecular weight excluding hydrogens is 303 g/mol. The van der Waals surface area contributed by atoms with Crippen LogP contribution in [-0.2, 0) is 10.0 Å². The van der Waals surface area contributed by atoms with E-state index in [1.54, 1.807) is 13.0 Å². The average molecular weight is 319 g/mol. The first-order valence-corrected chi connectivity index (χ1v) is 7.55. The number of aryl methyl sites for hydroxylation is 1. The van der Waals surface area contributed by atoms with E-state index in [2.05, 4.69) is 10.0 Å². The van der Waals surface area contributed by atoms with Gasteiger partial charge in [-0.2, -0.15) is 0 Å². The average Bonchev–Trinajstić information content (AvgIpc) is 2.55. The third-order valence-corrected chi connectivity index (χ3v) is 5.48. The Labute approximate surface area is 117 Å². The van der Waals surface area contributed by atoms with Crippen molar-refractivity contribution in [1.82, 2.24) is 10.0 Å². The molecule has 17 heavy (non-hydrogen) atoms. The van der Waals surface area contributed by atoms with Gasteiger partial charge in [-0.1, -0.05) is 11.6 Å². The molecule has 0 aromatic carbocycles. The second-order valence-electron chi connectivity index (χ2n) is 3.38. The molecule has 0 spiro atoms. The molecule has 0 saturated heterocycles. The summed E-state index contributed by atoms with van der Waals surface area (Å²) in [5, 5.41) is 2.95. The second kappa shape index (κ2) is 7.56. The van der Waals surface area contributed by atoms with E-state index in [-0.39, 0.29) is 16.6 Å². The Balaban J connectivity index is 0.00000256. The topological polar surface area (TPSA) is 58.2 Å². The maximum atomic E-state index is 11.8. The van der Waals surface area contributed by atoms with Crippen molar-refractivity contribution in [3.05, 3.63) is 16.0 Å². The zero-order valence-electron chi connectivity index (χ0n) is 9.62. The van der Waals surface area contributed by atoms with Gasteiger partial charge in [-0.25, -0.2) is 13.1 Å². The van der Waals surface area contributed by atoms with Crippen molar-refractivity contribution in [3.8, 4) is 0 Å². The third-order valence-electron chi connectivity index (χ3n) is 2.00. The summed E-state index contributed by atoms with van der Waals surface area (Å²) in [6.07, 6.45) is 0.758. The van der Waals surface area contributed by atoms with Crippen LogP contribution >= 0.6 is 35.3 Å². The first kappa shape index (κ1) is 17.2. The number of nitrogens with one attached hydrogen (secondary N) is 2. The maximum Gasteiger partial charge on any atom is 0.250 e. The molecule has 0 unspecified atom stereocenters. The minimum Gasteiger partial charge on any atom is -0.320 e. The van der Waals surface area contributed by atoms with Crippen LogP contribution < -0.4 is 10.0 Å². The van der Waals surface area contributed by atoms with Crippen LogP contribution in [0.5, 0.6) is 0 Å². The Hall–Kier alpha value is 0.150. The Bertz CT molecular complexity index is 426. The van der Waals surface area contributed by atoms with Crippen LogP contribution in [0.2, 0.25) is 4.34 Å². The van der Waals surface area contributed by atoms with Crippen LogP contribution in [-0.4, -0.2) is 28.6 Å². The molecule has 0 aliphatic heterocycles. The molecule has 0 radical (unpaired) electrons. The molecule has 0 aliphatic carbocycles. The van der Waals surface area contributed by atoms with Gasteiger partial charge >= 0.3 is 0 Å². The van der Waals surface area contributed by atoms with E-state index in [0.29, 0.717) is 10.9 Å². The minimum absolute atomic E-state index is 0. The summed E-state index contributed by atoms with van der Waals surface area (Å²) in [5.74, 6) is 0. The molecule has 0 fully saturated rings. The summed E-state index contributed by atoms with van der Waals surface area (Å²) < 4.78 is 26.9. The number of thiophene rings is 1. The summed E-state index contributed by atoms with van der Waals surface area (Å²) in [5.41, 5.74) is 0.794. The highest BCUT2D eigenvalue weighted by Gasteiger charge is 2.17. The van der Waals surface area contributed by atoms with E-state index in [9.17, 15) is 8.42 Å². The van der Waals surface area contributed by atoms with Crippen LogP contribution in [0.4, 0.5) is 0 Å². The summed E-state index contributed by atoms with van der Waals surface area (Å²) in [7, 11) is -1.56. The molecule has 8 heteroatoms. The monoisotopic (exact) mass is 318 g/mol. The molecule has 4 nitrogen and oxygen atoms in total. The van der Waals surface area contributed by atoms with Crippen molar-refractivity contribution in [3.63, 3.8) is 0 Å². The van der Waals surface area contributed by atoms with E-state index >= 15 is 0 Å². The highest BCUT2D eigenvalue weighted by molar-refractivity contribution is 7.91. The Morgan fingerprint density at radius 2 is 2.06 bits per heavy atom. The lowest BCUT2D eigenvalue weighted by Crippen LogP contribution is -2.26. The first-order valence-electron chi connectivity index (χ1n) is 4.87. The van der Waals surface area contributed by atoms with Crippen LogP contribution in [0.15, 0.2) is 10.3 Å². The van der Waals surface area contributed by atoms with Crippen LogP contribution in [0.1, 0.15) is 12.0 Å². The maximum absolute atomic E-state index is 11.8. The highest BCUT2D eigenvalue weighted by atomic mass is 35.5. The molecule has 1 aromatic heterocycles. The number of sulfonamides is 1. The van der Waals surface area contributed by atoms with Crippen molar-refractivity contribution >= 4 is 45.4 Å². The number of hydrogen-bond acceptors (Lipinski definition) is 4. The van der Waals surface area contributed by atoms with Crippen molar-refractivity contribution in [2.75, 3.05) is 20.1 Å². The van der Waals surface area contributed by atoms with Gasteiger partial charge in [-0.15, -0.1) is 23.7 Å². The largest absolute Gasteiger partial charge is 0.320 e. The van der Waals surface area contributed by atoms with E-state index < -0.39 is 10.0 Å². The van der Waals surface area contributed by atoms with Crippen molar-refractivity contribution in [1.29, 1.82) is 0 Å². The summed E-state index contributed by atoms with van der Waals surface area (Å²) in [6, 6.07) is 1.59. The molecule has 1 heterocycles. The lowest BCUT2D eigenvalue weighted by atomic mass is 10.4. The van der Waals surface area contributed by atoms with E-state index in [4.69, 9.17) is 11.6 Å². The Morgan fingerprint density at radius 3 is 2.53 bits per heavy atom. The van der Waals surface area contributed by atoms with Gasteiger partial charge in [-0.3, -0.25) is 0 Å². The van der Waals surface area contributed by atoms with Gasteiger partial charge < -0.3 is 5.32 Å². The van der Waals surface area contributed by atoms with Gasteiger partial charge in [0.25, 0.3) is 0 Å². The minimum atomic E-state index is -3.39. The molecule has 0 aliphatic rings. The van der Waals surface area contributed by atoms with Crippen LogP contribution in [0.25, 0.3) is 0 Å². The molecule has 0 bridgehead atoms. The standard InChI is InChI=1S/C9H15ClN2O2S2.ClH/c1-7-6-8(15-9(7)10)16(13,14)12-5-3-4-11-2;/h6,11-12H,3-5H2,1-2H3;1H. The third kappa shape index (κ3) is 5.11. The van der Waals surface area contributed by atoms with Crippen molar-refractivity contribution in [2.24, 2.45) is 0 Å². The van der Waals surface area contributed by atoms with Crippen molar-refractivity contribution < 1.29 is 8.42 Å². The highest BCUT2D eigenvalue weighted by Crippen LogP contribution is 2.29. The van der Waals surface area contributed by atoms with E-state index in [1.807, 2.05) is 7.05 Å². The first-order chi connectivity index (χ1) is 7.47. The molecule has 1 rings (SSSR count). The Kier molecular flexibility index (Phi) is 7.62. The zero-order valence-corrected chi connectivity index (χ0v) is 12.8. The number of rotatable bonds is 6. The summed E-state index contributed by atoms with van der Waals surface area (Å²) in [6.45, 7) is 3.00. The fourth-order valence-corrected chi connectivity index (χ4v) is 3.93. The summed E-state index contributed by atoms with van der Waals surface area (Å²) >= 11 is 6.92. The predicted octanol–water partition coefficient (Wildman–Crippen LogP) is 2.02. The lowest BCUT2D eigenvalue weighted by molar-refractivity contribution is 0.579. The molecule has 2 N–H and O–H groups in total. The number of halogens is 2. The zero-order chi connectivity index (χ0) is 12.2.